The smallest absolute Gasteiger partial charge is 0.231 e. The van der Waals surface area contributed by atoms with E-state index in [4.69, 9.17) is 17.2 Å². The van der Waals surface area contributed by atoms with Gasteiger partial charge in [-0.3, -0.25) is 4.79 Å². The summed E-state index contributed by atoms with van der Waals surface area (Å²) in [6.45, 7) is 3.25. The predicted octanol–water partition coefficient (Wildman–Crippen LogP) is -2.15. The summed E-state index contributed by atoms with van der Waals surface area (Å²) in [6, 6.07) is 0. The fraction of sp³-hybridized carbons (Fsp3) is 0.400. The third kappa shape index (κ3) is 27.5. The molecule has 60 valence electrons. The summed E-state index contributed by atoms with van der Waals surface area (Å²) < 4.78 is 0. The third-order valence-corrected chi connectivity index (χ3v) is 0.473. The van der Waals surface area contributed by atoms with Crippen LogP contribution < -0.4 is 22.9 Å². The van der Waals surface area contributed by atoms with Crippen molar-refractivity contribution in [2.45, 2.75) is 6.17 Å². The minimum absolute atomic E-state index is 0.0556. The van der Waals surface area contributed by atoms with Crippen LogP contribution in [0.1, 0.15) is 0 Å². The summed E-state index contributed by atoms with van der Waals surface area (Å²) >= 11 is 0. The van der Waals surface area contributed by atoms with Crippen molar-refractivity contribution in [3.63, 3.8) is 0 Å². The first-order valence-corrected chi connectivity index (χ1v) is 2.66. The van der Waals surface area contributed by atoms with E-state index in [0.717, 1.165) is 0 Å². The van der Waals surface area contributed by atoms with Crippen LogP contribution in [0.2, 0.25) is 0 Å². The maximum Gasteiger partial charge on any atom is 0.231 e. The van der Waals surface area contributed by atoms with Gasteiger partial charge in [-0.15, -0.1) is 6.58 Å². The number of amides is 1. The van der Waals surface area contributed by atoms with E-state index in [1.54, 1.807) is 0 Å². The highest BCUT2D eigenvalue weighted by Crippen LogP contribution is 1.55. The van der Waals surface area contributed by atoms with E-state index < -0.39 is 5.91 Å². The van der Waals surface area contributed by atoms with Gasteiger partial charge in [0.2, 0.25) is 5.91 Å². The number of hydrogen-bond donors (Lipinski definition) is 4. The van der Waals surface area contributed by atoms with Crippen molar-refractivity contribution in [3.05, 3.63) is 12.7 Å². The molecule has 0 aromatic heterocycles. The van der Waals surface area contributed by atoms with E-state index in [0.29, 0.717) is 0 Å². The molecule has 0 fully saturated rings. The first-order valence-electron chi connectivity index (χ1n) is 2.66. The molecule has 0 bridgehead atoms. The highest BCUT2D eigenvalue weighted by Gasteiger charge is 1.77. The number of rotatable bonds is 2. The van der Waals surface area contributed by atoms with Gasteiger partial charge in [0.25, 0.3) is 0 Å². The molecule has 5 heteroatoms. The van der Waals surface area contributed by atoms with Crippen molar-refractivity contribution in [3.8, 4) is 0 Å². The van der Waals surface area contributed by atoms with Crippen molar-refractivity contribution in [2.24, 2.45) is 22.9 Å². The SMILES string of the molecule is C=CC(N)N.NCC(N)=O. The largest absolute Gasteiger partial charge is 0.369 e. The summed E-state index contributed by atoms with van der Waals surface area (Å²) in [7, 11) is 0. The third-order valence-electron chi connectivity index (χ3n) is 0.473. The lowest BCUT2D eigenvalue weighted by molar-refractivity contribution is -0.116. The van der Waals surface area contributed by atoms with E-state index in [-0.39, 0.29) is 12.7 Å². The van der Waals surface area contributed by atoms with E-state index in [9.17, 15) is 4.79 Å². The lowest BCUT2D eigenvalue weighted by atomic mass is 10.5. The van der Waals surface area contributed by atoms with Gasteiger partial charge in [-0.25, -0.2) is 0 Å². The van der Waals surface area contributed by atoms with Crippen LogP contribution in [-0.4, -0.2) is 18.6 Å². The second-order valence-corrected chi connectivity index (χ2v) is 1.48. The Hall–Kier alpha value is -0.910. The molecular weight excluding hydrogens is 132 g/mol. The summed E-state index contributed by atoms with van der Waals surface area (Å²) in [5, 5.41) is 0. The number of carbonyl (C=O) groups is 1. The maximum absolute atomic E-state index is 9.47. The molecule has 0 atom stereocenters. The Balaban J connectivity index is 0. The monoisotopic (exact) mass is 146 g/mol. The quantitative estimate of drug-likeness (QED) is 0.262. The van der Waals surface area contributed by atoms with E-state index in [1.807, 2.05) is 0 Å². The Labute approximate surface area is 60.0 Å². The van der Waals surface area contributed by atoms with E-state index in [2.05, 4.69) is 12.3 Å². The van der Waals surface area contributed by atoms with Crippen LogP contribution in [0.4, 0.5) is 0 Å². The summed E-state index contributed by atoms with van der Waals surface area (Å²) in [6.07, 6.45) is 1.12. The minimum atomic E-state index is -0.468. The molecule has 10 heavy (non-hydrogen) atoms. The fourth-order valence-corrected chi connectivity index (χ4v) is 0. The lowest BCUT2D eigenvalue weighted by Gasteiger charge is -1.87. The van der Waals surface area contributed by atoms with Crippen LogP contribution >= 0.6 is 0 Å². The van der Waals surface area contributed by atoms with Gasteiger partial charge in [-0.05, 0) is 0 Å². The summed E-state index contributed by atoms with van der Waals surface area (Å²) in [4.78, 5) is 9.47. The van der Waals surface area contributed by atoms with Crippen molar-refractivity contribution < 1.29 is 4.79 Å². The Morgan fingerprint density at radius 1 is 1.60 bits per heavy atom. The van der Waals surface area contributed by atoms with Gasteiger partial charge in [-0.2, -0.15) is 0 Å². The molecule has 0 saturated heterocycles. The lowest BCUT2D eigenvalue weighted by Crippen LogP contribution is -2.26. The molecule has 8 N–H and O–H groups in total. The molecule has 0 aliphatic heterocycles. The van der Waals surface area contributed by atoms with Crippen LogP contribution in [0.15, 0.2) is 12.7 Å². The van der Waals surface area contributed by atoms with Gasteiger partial charge in [0.15, 0.2) is 0 Å². The molecule has 0 rings (SSSR count). The van der Waals surface area contributed by atoms with Gasteiger partial charge in [-0.1, -0.05) is 6.08 Å². The molecule has 0 aliphatic carbocycles. The van der Waals surface area contributed by atoms with Crippen molar-refractivity contribution in [1.82, 2.24) is 0 Å². The van der Waals surface area contributed by atoms with E-state index >= 15 is 0 Å². The van der Waals surface area contributed by atoms with Crippen LogP contribution in [0.5, 0.6) is 0 Å². The van der Waals surface area contributed by atoms with Crippen LogP contribution in [0, 0.1) is 0 Å². The average molecular weight is 146 g/mol. The first-order chi connectivity index (χ1) is 4.54. The molecule has 0 spiro atoms. The normalized spacial score (nSPS) is 8.00. The number of carbonyl (C=O) groups excluding carboxylic acids is 1. The standard InChI is InChI=1S/C3H8N2.C2H6N2O/c1-2-3(4)5;3-1-2(4)5/h2-3H,1,4-5H2;1,3H2,(H2,4,5). The van der Waals surface area contributed by atoms with Crippen molar-refractivity contribution in [1.29, 1.82) is 0 Å². The maximum atomic E-state index is 9.47. The molecule has 0 heterocycles. The molecule has 0 aliphatic rings. The van der Waals surface area contributed by atoms with Gasteiger partial charge in [0.05, 0.1) is 12.7 Å². The van der Waals surface area contributed by atoms with Gasteiger partial charge in [0, 0.05) is 0 Å². The molecule has 0 aromatic rings. The van der Waals surface area contributed by atoms with Crippen LogP contribution in [0.25, 0.3) is 0 Å². The fourth-order valence-electron chi connectivity index (χ4n) is 0. The van der Waals surface area contributed by atoms with E-state index in [1.165, 1.54) is 6.08 Å². The Morgan fingerprint density at radius 2 is 1.80 bits per heavy atom. The van der Waals surface area contributed by atoms with Crippen LogP contribution in [-0.2, 0) is 4.79 Å². The highest BCUT2D eigenvalue weighted by atomic mass is 16.1. The molecule has 0 unspecified atom stereocenters. The zero-order valence-corrected chi connectivity index (χ0v) is 5.79. The second kappa shape index (κ2) is 8.09. The van der Waals surface area contributed by atoms with Gasteiger partial charge < -0.3 is 22.9 Å². The van der Waals surface area contributed by atoms with Gasteiger partial charge >= 0.3 is 0 Å². The predicted molar refractivity (Wildman–Crippen MR) is 40.6 cm³/mol. The van der Waals surface area contributed by atoms with Crippen LogP contribution in [0.3, 0.4) is 0 Å². The summed E-state index contributed by atoms with van der Waals surface area (Å²) in [5.41, 5.74) is 19.1. The molecule has 0 radical (unpaired) electrons. The Kier molecular flexibility index (Phi) is 9.57. The zero-order chi connectivity index (χ0) is 8.57. The highest BCUT2D eigenvalue weighted by molar-refractivity contribution is 5.75. The minimum Gasteiger partial charge on any atom is -0.369 e. The first kappa shape index (κ1) is 11.8. The molecule has 5 nitrogen and oxygen atoms in total. The van der Waals surface area contributed by atoms with Crippen molar-refractivity contribution >= 4 is 5.91 Å². The summed E-state index contributed by atoms with van der Waals surface area (Å²) in [5.74, 6) is -0.468. The molecule has 0 aromatic carbocycles. The second-order valence-electron chi connectivity index (χ2n) is 1.48. The molecule has 0 saturated carbocycles. The number of primary amides is 1. The molecule has 1 amide bonds. The zero-order valence-electron chi connectivity index (χ0n) is 5.79. The molecular formula is C5H14N4O. The Bertz CT molecular complexity index is 102. The Morgan fingerprint density at radius 3 is 1.80 bits per heavy atom. The van der Waals surface area contributed by atoms with Crippen molar-refractivity contribution in [2.75, 3.05) is 6.54 Å². The van der Waals surface area contributed by atoms with Gasteiger partial charge in [0.1, 0.15) is 0 Å². The number of hydrogen-bond acceptors (Lipinski definition) is 4. The topological polar surface area (TPSA) is 121 Å². The number of nitrogens with two attached hydrogens (primary N) is 4. The average Bonchev–Trinajstić information content (AvgIpc) is 1.89.